The molecule has 0 spiro atoms. The fourth-order valence-corrected chi connectivity index (χ4v) is 3.63. The molecule has 0 aliphatic carbocycles. The summed E-state index contributed by atoms with van der Waals surface area (Å²) in [7, 11) is 0. The molecule has 0 saturated carbocycles. The van der Waals surface area contributed by atoms with Crippen LogP contribution in [0.15, 0.2) is 29.4 Å². The van der Waals surface area contributed by atoms with Gasteiger partial charge in [0, 0.05) is 25.4 Å². The molecule has 1 fully saturated rings. The van der Waals surface area contributed by atoms with E-state index in [9.17, 15) is 18.0 Å². The average Bonchev–Trinajstić information content (AvgIpc) is 3.05. The lowest BCUT2D eigenvalue weighted by atomic mass is 10.0. The molecule has 1 amide bonds. The van der Waals surface area contributed by atoms with Crippen molar-refractivity contribution in [3.63, 3.8) is 0 Å². The molecule has 1 unspecified atom stereocenters. The van der Waals surface area contributed by atoms with Crippen molar-refractivity contribution < 1.29 is 22.7 Å². The fraction of sp³-hybridized carbons (Fsp3) is 0.600. The van der Waals surface area contributed by atoms with Crippen molar-refractivity contribution in [2.45, 2.75) is 51.2 Å². The minimum atomic E-state index is -4.47. The number of ether oxygens (including phenoxy) is 1. The van der Waals surface area contributed by atoms with Crippen LogP contribution in [0.1, 0.15) is 44.6 Å². The van der Waals surface area contributed by atoms with Crippen LogP contribution in [0, 0.1) is 0 Å². The van der Waals surface area contributed by atoms with Gasteiger partial charge in [0.15, 0.2) is 0 Å². The molecule has 0 N–H and O–H groups in total. The van der Waals surface area contributed by atoms with Crippen LogP contribution in [0.2, 0.25) is 0 Å². The van der Waals surface area contributed by atoms with Gasteiger partial charge < -0.3 is 9.64 Å². The lowest BCUT2D eigenvalue weighted by molar-refractivity contribution is -0.161. The number of benzene rings is 1. The summed E-state index contributed by atoms with van der Waals surface area (Å²) >= 11 is 0. The van der Waals surface area contributed by atoms with Gasteiger partial charge in [-0.2, -0.15) is 18.3 Å². The van der Waals surface area contributed by atoms with Crippen LogP contribution in [0.5, 0.6) is 5.75 Å². The zero-order chi connectivity index (χ0) is 20.1. The average molecular weight is 397 g/mol. The molecule has 1 saturated heterocycles. The van der Waals surface area contributed by atoms with Crippen molar-refractivity contribution in [3.8, 4) is 5.75 Å². The molecular weight excluding hydrogens is 371 g/mol. The molecule has 5 nitrogen and oxygen atoms in total. The Kier molecular flexibility index (Phi) is 6.59. The molecular formula is C20H26F3N3O2. The van der Waals surface area contributed by atoms with Crippen LogP contribution < -0.4 is 4.74 Å². The summed E-state index contributed by atoms with van der Waals surface area (Å²) < 4.78 is 43.5. The van der Waals surface area contributed by atoms with Crippen LogP contribution in [0.3, 0.4) is 0 Å². The Morgan fingerprint density at radius 1 is 1.21 bits per heavy atom. The number of hydrogen-bond donors (Lipinski definition) is 0. The van der Waals surface area contributed by atoms with Gasteiger partial charge in [-0.1, -0.05) is 0 Å². The van der Waals surface area contributed by atoms with Gasteiger partial charge in [-0.3, -0.25) is 4.79 Å². The van der Waals surface area contributed by atoms with Crippen molar-refractivity contribution in [1.29, 1.82) is 0 Å². The maximum atomic E-state index is 12.6. The van der Waals surface area contributed by atoms with Crippen LogP contribution in [0.4, 0.5) is 13.2 Å². The number of carbonyl (C=O) groups is 1. The summed E-state index contributed by atoms with van der Waals surface area (Å²) in [6, 6.07) is 7.79. The molecule has 28 heavy (non-hydrogen) atoms. The summed E-state index contributed by atoms with van der Waals surface area (Å²) in [5.74, 6) is 0.117. The van der Waals surface area contributed by atoms with Crippen molar-refractivity contribution in [2.24, 2.45) is 5.10 Å². The smallest absolute Gasteiger partial charge is 0.408 e. The second kappa shape index (κ2) is 8.94. The Hall–Kier alpha value is -2.09. The second-order valence-electron chi connectivity index (χ2n) is 7.37. The first kappa shape index (κ1) is 20.6. The molecule has 3 rings (SSSR count). The number of carbonyl (C=O) groups excluding carboxylic acids is 1. The molecule has 154 valence electrons. The maximum absolute atomic E-state index is 12.6. The second-order valence-corrected chi connectivity index (χ2v) is 7.37. The maximum Gasteiger partial charge on any atom is 0.408 e. The molecule has 2 aliphatic rings. The number of halogens is 3. The van der Waals surface area contributed by atoms with E-state index in [-0.39, 0.29) is 6.42 Å². The number of likely N-dealkylation sites (tertiary alicyclic amines) is 1. The standard InChI is InChI=1S/C20H26F3N3O2/c1-15-4-2-11-25(15)12-3-13-28-17-7-5-16(6-8-17)18-9-10-19(27)26(24-18)14-20(21,22)23/h5-8,15H,2-4,9-14H2,1H3. The predicted octanol–water partition coefficient (Wildman–Crippen LogP) is 3.83. The SMILES string of the molecule is CC1CCCN1CCCOc1ccc(C2=NN(CC(F)(F)F)C(=O)CC2)cc1. The van der Waals surface area contributed by atoms with E-state index in [1.807, 2.05) is 0 Å². The van der Waals surface area contributed by atoms with E-state index in [1.165, 1.54) is 12.8 Å². The fourth-order valence-electron chi connectivity index (χ4n) is 3.63. The van der Waals surface area contributed by atoms with Crippen LogP contribution >= 0.6 is 0 Å². The quantitative estimate of drug-likeness (QED) is 0.657. The zero-order valence-corrected chi connectivity index (χ0v) is 16.0. The zero-order valence-electron chi connectivity index (χ0n) is 16.0. The van der Waals surface area contributed by atoms with Gasteiger partial charge in [0.2, 0.25) is 5.91 Å². The molecule has 0 bridgehead atoms. The number of hydrogen-bond acceptors (Lipinski definition) is 4. The molecule has 0 aromatic heterocycles. The highest BCUT2D eigenvalue weighted by atomic mass is 19.4. The van der Waals surface area contributed by atoms with E-state index in [4.69, 9.17) is 4.74 Å². The minimum Gasteiger partial charge on any atom is -0.494 e. The molecule has 2 aliphatic heterocycles. The summed E-state index contributed by atoms with van der Waals surface area (Å²) in [6.45, 7) is 3.71. The normalized spacial score (nSPS) is 21.1. The molecule has 2 heterocycles. The summed E-state index contributed by atoms with van der Waals surface area (Å²) in [5.41, 5.74) is 1.19. The Morgan fingerprint density at radius 2 is 1.96 bits per heavy atom. The Bertz CT molecular complexity index is 704. The number of amides is 1. The lowest BCUT2D eigenvalue weighted by Gasteiger charge is -2.24. The Morgan fingerprint density at radius 3 is 2.61 bits per heavy atom. The number of hydrazone groups is 1. The largest absolute Gasteiger partial charge is 0.494 e. The summed E-state index contributed by atoms with van der Waals surface area (Å²) in [4.78, 5) is 14.1. The van der Waals surface area contributed by atoms with Gasteiger partial charge in [-0.15, -0.1) is 0 Å². The third kappa shape index (κ3) is 5.70. The topological polar surface area (TPSA) is 45.1 Å². The van der Waals surface area contributed by atoms with Crippen molar-refractivity contribution >= 4 is 11.6 Å². The van der Waals surface area contributed by atoms with Crippen molar-refractivity contribution in [1.82, 2.24) is 9.91 Å². The lowest BCUT2D eigenvalue weighted by Crippen LogP contribution is -2.38. The first-order valence-corrected chi connectivity index (χ1v) is 9.74. The highest BCUT2D eigenvalue weighted by Gasteiger charge is 2.35. The van der Waals surface area contributed by atoms with E-state index in [2.05, 4.69) is 16.9 Å². The number of rotatable bonds is 7. The van der Waals surface area contributed by atoms with Gasteiger partial charge in [0.25, 0.3) is 0 Å². The number of alkyl halides is 3. The first-order valence-electron chi connectivity index (χ1n) is 9.74. The third-order valence-electron chi connectivity index (χ3n) is 5.17. The first-order chi connectivity index (χ1) is 13.3. The van der Waals surface area contributed by atoms with E-state index in [0.29, 0.717) is 35.4 Å². The van der Waals surface area contributed by atoms with E-state index in [1.54, 1.807) is 24.3 Å². The minimum absolute atomic E-state index is 0.0298. The van der Waals surface area contributed by atoms with Crippen LogP contribution in [-0.2, 0) is 4.79 Å². The number of nitrogens with zero attached hydrogens (tertiary/aromatic N) is 3. The highest BCUT2D eigenvalue weighted by molar-refractivity contribution is 6.04. The van der Waals surface area contributed by atoms with Crippen LogP contribution in [-0.4, -0.2) is 60.0 Å². The molecule has 8 heteroatoms. The Labute approximate surface area is 163 Å². The predicted molar refractivity (Wildman–Crippen MR) is 100 cm³/mol. The van der Waals surface area contributed by atoms with E-state index < -0.39 is 18.6 Å². The van der Waals surface area contributed by atoms with Gasteiger partial charge in [-0.05, 0) is 62.6 Å². The van der Waals surface area contributed by atoms with Crippen molar-refractivity contribution in [2.75, 3.05) is 26.2 Å². The van der Waals surface area contributed by atoms with Gasteiger partial charge in [0.1, 0.15) is 12.3 Å². The third-order valence-corrected chi connectivity index (χ3v) is 5.17. The highest BCUT2D eigenvalue weighted by Crippen LogP contribution is 2.23. The van der Waals surface area contributed by atoms with Gasteiger partial charge in [-0.25, -0.2) is 5.01 Å². The van der Waals surface area contributed by atoms with Crippen LogP contribution in [0.25, 0.3) is 0 Å². The molecule has 1 atom stereocenters. The molecule has 0 radical (unpaired) electrons. The molecule has 1 aromatic carbocycles. The summed E-state index contributed by atoms with van der Waals surface area (Å²) in [6.07, 6.45) is -0.624. The molecule has 1 aromatic rings. The van der Waals surface area contributed by atoms with Crippen molar-refractivity contribution in [3.05, 3.63) is 29.8 Å². The van der Waals surface area contributed by atoms with E-state index >= 15 is 0 Å². The van der Waals surface area contributed by atoms with Gasteiger partial charge in [0.05, 0.1) is 12.3 Å². The monoisotopic (exact) mass is 397 g/mol. The van der Waals surface area contributed by atoms with E-state index in [0.717, 1.165) is 25.3 Å². The summed E-state index contributed by atoms with van der Waals surface area (Å²) in [5, 5.41) is 4.43. The van der Waals surface area contributed by atoms with Gasteiger partial charge >= 0.3 is 6.18 Å². The Balaban J connectivity index is 1.52.